The predicted octanol–water partition coefficient (Wildman–Crippen LogP) is 0.0908. The Morgan fingerprint density at radius 1 is 1.43 bits per heavy atom. The van der Waals surface area contributed by atoms with Crippen molar-refractivity contribution in [3.63, 3.8) is 0 Å². The number of hydrogen-bond donors (Lipinski definition) is 1. The fourth-order valence-electron chi connectivity index (χ4n) is 1.57. The number of nitrogen functional groups attached to an aromatic ring is 1. The van der Waals surface area contributed by atoms with E-state index in [0.29, 0.717) is 5.82 Å². The lowest BCUT2D eigenvalue weighted by atomic mass is 10.5. The van der Waals surface area contributed by atoms with Crippen LogP contribution in [0, 0.1) is 0 Å². The molecule has 0 aromatic carbocycles. The first-order chi connectivity index (χ1) is 6.77. The molecule has 0 fully saturated rings. The van der Waals surface area contributed by atoms with E-state index >= 15 is 0 Å². The third-order valence-electron chi connectivity index (χ3n) is 2.26. The van der Waals surface area contributed by atoms with Crippen LogP contribution in [-0.2, 0) is 0 Å². The number of aromatic nitrogens is 4. The molecule has 6 nitrogen and oxygen atoms in total. The van der Waals surface area contributed by atoms with Gasteiger partial charge in [-0.2, -0.15) is 4.79 Å². The molecule has 0 saturated carbocycles. The molecule has 2 aromatic heterocycles. The van der Waals surface area contributed by atoms with Gasteiger partial charge in [0, 0.05) is 19.2 Å². The highest BCUT2D eigenvalue weighted by atomic mass is 15.8. The van der Waals surface area contributed by atoms with E-state index in [2.05, 4.69) is 29.2 Å². The van der Waals surface area contributed by atoms with Crippen LogP contribution in [0.1, 0.15) is 13.8 Å². The Morgan fingerprint density at radius 2 is 2.14 bits per heavy atom. The molecule has 2 N–H and O–H groups in total. The number of fused-ring (bicyclic) bond motifs is 1. The quantitative estimate of drug-likeness (QED) is 0.752. The highest BCUT2D eigenvalue weighted by Crippen LogP contribution is 2.10. The minimum Gasteiger partial charge on any atom is -0.382 e. The Bertz CT molecular complexity index is 424. The van der Waals surface area contributed by atoms with Crippen molar-refractivity contribution in [3.05, 3.63) is 12.3 Å². The summed E-state index contributed by atoms with van der Waals surface area (Å²) in [4.78, 5) is 1.84. The van der Waals surface area contributed by atoms with Crippen LogP contribution in [0.4, 0.5) is 5.82 Å². The van der Waals surface area contributed by atoms with E-state index in [-0.39, 0.29) is 0 Å². The van der Waals surface area contributed by atoms with Crippen molar-refractivity contribution in [2.24, 2.45) is 0 Å². The molecule has 14 heavy (non-hydrogen) atoms. The lowest BCUT2D eigenvalue weighted by Crippen LogP contribution is -2.37. The maximum atomic E-state index is 5.88. The second-order valence-corrected chi connectivity index (χ2v) is 3.05. The Morgan fingerprint density at radius 3 is 2.79 bits per heavy atom. The molecule has 0 aliphatic rings. The van der Waals surface area contributed by atoms with Crippen LogP contribution >= 0.6 is 0 Å². The number of nitrogens with two attached hydrogens (primary N) is 1. The summed E-state index contributed by atoms with van der Waals surface area (Å²) in [7, 11) is 0. The molecule has 2 heterocycles. The first kappa shape index (κ1) is 8.86. The average Bonchev–Trinajstić information content (AvgIpc) is 2.70. The minimum absolute atomic E-state index is 0.679. The van der Waals surface area contributed by atoms with E-state index in [0.717, 1.165) is 18.6 Å². The van der Waals surface area contributed by atoms with Crippen LogP contribution in [0.3, 0.4) is 0 Å². The summed E-state index contributed by atoms with van der Waals surface area (Å²) >= 11 is 0. The maximum absolute atomic E-state index is 5.88. The SMILES string of the molecule is CCN(CC)n1c(N)cc2cnnn21. The van der Waals surface area contributed by atoms with Crippen molar-refractivity contribution in [1.82, 2.24) is 19.7 Å². The molecule has 0 unspecified atom stereocenters. The molecule has 6 heteroatoms. The van der Waals surface area contributed by atoms with E-state index in [1.54, 1.807) is 10.8 Å². The highest BCUT2D eigenvalue weighted by molar-refractivity contribution is 5.52. The third-order valence-corrected chi connectivity index (χ3v) is 2.26. The van der Waals surface area contributed by atoms with Crippen LogP contribution in [0.2, 0.25) is 0 Å². The largest absolute Gasteiger partial charge is 0.382 e. The van der Waals surface area contributed by atoms with Gasteiger partial charge in [0.05, 0.1) is 6.20 Å². The van der Waals surface area contributed by atoms with Gasteiger partial charge >= 0.3 is 0 Å². The molecule has 0 spiro atoms. The summed E-state index contributed by atoms with van der Waals surface area (Å²) in [5, 5.41) is 9.87. The fourth-order valence-corrected chi connectivity index (χ4v) is 1.57. The summed E-state index contributed by atoms with van der Waals surface area (Å²) in [6.07, 6.45) is 1.69. The number of nitrogens with zero attached hydrogens (tertiary/aromatic N) is 5. The van der Waals surface area contributed by atoms with Gasteiger partial charge in [0.25, 0.3) is 0 Å². The lowest BCUT2D eigenvalue weighted by Gasteiger charge is -2.23. The van der Waals surface area contributed by atoms with Crippen molar-refractivity contribution < 1.29 is 0 Å². The third kappa shape index (κ3) is 1.11. The Balaban J connectivity index is 2.57. The molecule has 76 valence electrons. The zero-order valence-corrected chi connectivity index (χ0v) is 8.38. The average molecular weight is 194 g/mol. The molecular formula is C8H14N6. The zero-order valence-electron chi connectivity index (χ0n) is 8.38. The van der Waals surface area contributed by atoms with Crippen molar-refractivity contribution in [3.8, 4) is 0 Å². The van der Waals surface area contributed by atoms with Gasteiger partial charge in [-0.25, -0.2) is 0 Å². The summed E-state index contributed by atoms with van der Waals surface area (Å²) < 4.78 is 1.70. The number of hydrogen-bond acceptors (Lipinski definition) is 4. The normalized spacial score (nSPS) is 11.0. The molecule has 0 aliphatic heterocycles. The van der Waals surface area contributed by atoms with E-state index in [9.17, 15) is 0 Å². The van der Waals surface area contributed by atoms with Gasteiger partial charge in [-0.05, 0) is 19.1 Å². The first-order valence-corrected chi connectivity index (χ1v) is 4.71. The van der Waals surface area contributed by atoms with E-state index in [1.165, 1.54) is 0 Å². The van der Waals surface area contributed by atoms with Crippen LogP contribution in [0.5, 0.6) is 0 Å². The summed E-state index contributed by atoms with van der Waals surface area (Å²) in [6, 6.07) is 1.86. The monoisotopic (exact) mass is 194 g/mol. The summed E-state index contributed by atoms with van der Waals surface area (Å²) in [5.41, 5.74) is 6.79. The van der Waals surface area contributed by atoms with Crippen molar-refractivity contribution in [2.75, 3.05) is 23.8 Å². The van der Waals surface area contributed by atoms with Crippen molar-refractivity contribution in [2.45, 2.75) is 13.8 Å². The molecule has 2 rings (SSSR count). The Labute approximate surface area is 81.8 Å². The van der Waals surface area contributed by atoms with Gasteiger partial charge in [0.15, 0.2) is 0 Å². The van der Waals surface area contributed by atoms with Gasteiger partial charge in [-0.15, -0.1) is 9.73 Å². The predicted molar refractivity (Wildman–Crippen MR) is 54.7 cm³/mol. The van der Waals surface area contributed by atoms with Crippen molar-refractivity contribution >= 4 is 11.3 Å². The van der Waals surface area contributed by atoms with Crippen LogP contribution < -0.4 is 10.7 Å². The molecule has 0 atom stereocenters. The summed E-state index contributed by atoms with van der Waals surface area (Å²) in [5.74, 6) is 0.679. The zero-order chi connectivity index (χ0) is 10.1. The standard InChI is InChI=1S/C8H14N6/c1-3-12(4-2)14-8(9)5-7-6-10-11-13(7)14/h5-6H,3-4,9H2,1-2H3. The smallest absolute Gasteiger partial charge is 0.145 e. The second-order valence-electron chi connectivity index (χ2n) is 3.05. The van der Waals surface area contributed by atoms with Gasteiger partial charge in [-0.1, -0.05) is 0 Å². The number of rotatable bonds is 3. The minimum atomic E-state index is 0.679. The Hall–Kier alpha value is -1.72. The van der Waals surface area contributed by atoms with Crippen LogP contribution in [0.15, 0.2) is 12.3 Å². The van der Waals surface area contributed by atoms with Crippen molar-refractivity contribution in [1.29, 1.82) is 0 Å². The molecule has 0 saturated heterocycles. The molecular weight excluding hydrogens is 180 g/mol. The summed E-state index contributed by atoms with van der Waals surface area (Å²) in [6.45, 7) is 5.91. The van der Waals surface area contributed by atoms with Crippen LogP contribution in [0.25, 0.3) is 5.52 Å². The van der Waals surface area contributed by atoms with Crippen LogP contribution in [-0.4, -0.2) is 32.8 Å². The second kappa shape index (κ2) is 3.21. The van der Waals surface area contributed by atoms with Gasteiger partial charge in [0.1, 0.15) is 11.3 Å². The lowest BCUT2D eigenvalue weighted by molar-refractivity contribution is 0.496. The van der Waals surface area contributed by atoms with Gasteiger partial charge in [-0.3, -0.25) is 5.01 Å². The fraction of sp³-hybridized carbons (Fsp3) is 0.500. The Kier molecular flexibility index (Phi) is 2.03. The maximum Gasteiger partial charge on any atom is 0.145 e. The van der Waals surface area contributed by atoms with E-state index in [4.69, 9.17) is 5.73 Å². The van der Waals surface area contributed by atoms with Gasteiger partial charge in [0.2, 0.25) is 0 Å². The molecule has 0 amide bonds. The first-order valence-electron chi connectivity index (χ1n) is 4.71. The topological polar surface area (TPSA) is 64.4 Å². The molecule has 0 radical (unpaired) electrons. The van der Waals surface area contributed by atoms with Gasteiger partial charge < -0.3 is 5.73 Å². The molecule has 0 aliphatic carbocycles. The van der Waals surface area contributed by atoms with E-state index < -0.39 is 0 Å². The van der Waals surface area contributed by atoms with E-state index in [1.807, 2.05) is 10.9 Å². The molecule has 0 bridgehead atoms. The number of anilines is 1. The molecule has 2 aromatic rings. The highest BCUT2D eigenvalue weighted by Gasteiger charge is 2.10.